The molecule has 0 spiro atoms. The number of amides is 1. The monoisotopic (exact) mass is 414 g/mol. The number of nitrogens with zero attached hydrogens (tertiary/aromatic N) is 3. The summed E-state index contributed by atoms with van der Waals surface area (Å²) in [7, 11) is 1.61. The van der Waals surface area contributed by atoms with Gasteiger partial charge in [-0.2, -0.15) is 4.98 Å². The molecular weight excluding hydrogens is 392 g/mol. The van der Waals surface area contributed by atoms with Crippen LogP contribution in [-0.2, 0) is 11.2 Å². The molecule has 0 unspecified atom stereocenters. The Labute approximate surface area is 180 Å². The van der Waals surface area contributed by atoms with Gasteiger partial charge in [0.25, 0.3) is 0 Å². The molecule has 7 nitrogen and oxygen atoms in total. The maximum Gasteiger partial charge on any atom is 0.239 e. The number of anilines is 2. The zero-order valence-corrected chi connectivity index (χ0v) is 17.1. The summed E-state index contributed by atoms with van der Waals surface area (Å²) in [6, 6.07) is 26.7. The average molecular weight is 414 g/mol. The third-order valence-corrected chi connectivity index (χ3v) is 4.65. The summed E-state index contributed by atoms with van der Waals surface area (Å²) in [5, 5.41) is 5.77. The number of ether oxygens (including phenoxy) is 1. The normalized spacial score (nSPS) is 10.5. The summed E-state index contributed by atoms with van der Waals surface area (Å²) in [6.45, 7) is 0. The number of aromatic nitrogens is 2. The first-order chi connectivity index (χ1) is 15.2. The summed E-state index contributed by atoms with van der Waals surface area (Å²) in [5.74, 6) is 1.49. The van der Waals surface area contributed by atoms with Crippen molar-refractivity contribution in [3.63, 3.8) is 0 Å². The van der Waals surface area contributed by atoms with Crippen LogP contribution in [0.4, 0.5) is 11.4 Å². The fourth-order valence-corrected chi connectivity index (χ4v) is 3.05. The highest BCUT2D eigenvalue weighted by Crippen LogP contribution is 2.23. The number of rotatable bonds is 8. The third-order valence-electron chi connectivity index (χ3n) is 4.65. The summed E-state index contributed by atoms with van der Waals surface area (Å²) in [5.41, 5.74) is 5.51. The highest BCUT2D eigenvalue weighted by molar-refractivity contribution is 5.80. The summed E-state index contributed by atoms with van der Waals surface area (Å²) >= 11 is 0. The highest BCUT2D eigenvalue weighted by atomic mass is 16.5. The Morgan fingerprint density at radius 3 is 2.13 bits per heavy atom. The number of carbonyl (C=O) groups excluding carboxylic acids is 1. The van der Waals surface area contributed by atoms with Gasteiger partial charge in [-0.15, -0.1) is 0 Å². The molecule has 0 aliphatic heterocycles. The molecule has 0 aliphatic rings. The molecule has 0 saturated heterocycles. The van der Waals surface area contributed by atoms with Gasteiger partial charge in [-0.25, -0.2) is 0 Å². The van der Waals surface area contributed by atoms with Gasteiger partial charge in [0.2, 0.25) is 17.6 Å². The molecule has 3 aromatic carbocycles. The number of para-hydroxylation sites is 2. The van der Waals surface area contributed by atoms with Crippen LogP contribution in [-0.4, -0.2) is 23.2 Å². The molecule has 0 bridgehead atoms. The van der Waals surface area contributed by atoms with Crippen LogP contribution in [0.1, 0.15) is 12.3 Å². The second kappa shape index (κ2) is 9.58. The van der Waals surface area contributed by atoms with E-state index in [0.29, 0.717) is 18.1 Å². The van der Waals surface area contributed by atoms with Crippen LogP contribution in [0.5, 0.6) is 5.75 Å². The first-order valence-electron chi connectivity index (χ1n) is 9.89. The zero-order valence-electron chi connectivity index (χ0n) is 17.1. The molecule has 1 aromatic heterocycles. The molecule has 4 rings (SSSR count). The predicted octanol–water partition coefficient (Wildman–Crippen LogP) is 4.55. The standard InChI is InChI=1S/C24H22N4O3/c1-30-21-14-12-18(13-15-21)24-25-23(31-27-24)17-16-22(29)26-28(19-8-4-2-5-9-19)20-10-6-3-7-11-20/h2-15H,16-17H2,1H3,(H,26,29). The summed E-state index contributed by atoms with van der Waals surface area (Å²) in [6.07, 6.45) is 0.548. The molecular formula is C24H22N4O3. The van der Waals surface area contributed by atoms with Crippen LogP contribution in [0.2, 0.25) is 0 Å². The number of methoxy groups -OCH3 is 1. The molecule has 0 fully saturated rings. The minimum Gasteiger partial charge on any atom is -0.497 e. The maximum atomic E-state index is 12.7. The zero-order chi connectivity index (χ0) is 21.5. The second-order valence-electron chi connectivity index (χ2n) is 6.78. The molecule has 1 heterocycles. The lowest BCUT2D eigenvalue weighted by Gasteiger charge is -2.25. The number of hydrogen-bond acceptors (Lipinski definition) is 6. The number of hydrazine groups is 1. The second-order valence-corrected chi connectivity index (χ2v) is 6.78. The molecule has 7 heteroatoms. The van der Waals surface area contributed by atoms with Crippen LogP contribution in [0.15, 0.2) is 89.5 Å². The van der Waals surface area contributed by atoms with E-state index >= 15 is 0 Å². The van der Waals surface area contributed by atoms with E-state index in [1.165, 1.54) is 0 Å². The van der Waals surface area contributed by atoms with E-state index < -0.39 is 0 Å². The van der Waals surface area contributed by atoms with Crippen LogP contribution in [0.3, 0.4) is 0 Å². The highest BCUT2D eigenvalue weighted by Gasteiger charge is 2.15. The summed E-state index contributed by atoms with van der Waals surface area (Å²) < 4.78 is 10.5. The largest absolute Gasteiger partial charge is 0.497 e. The number of benzene rings is 3. The van der Waals surface area contributed by atoms with E-state index in [4.69, 9.17) is 9.26 Å². The van der Waals surface area contributed by atoms with Gasteiger partial charge in [-0.05, 0) is 48.5 Å². The van der Waals surface area contributed by atoms with Crippen LogP contribution in [0, 0.1) is 0 Å². The Morgan fingerprint density at radius 1 is 0.935 bits per heavy atom. The number of nitrogens with one attached hydrogen (secondary N) is 1. The molecule has 0 aliphatic carbocycles. The molecule has 1 N–H and O–H groups in total. The van der Waals surface area contributed by atoms with Gasteiger partial charge in [0.15, 0.2) is 0 Å². The Kier molecular flexibility index (Phi) is 6.23. The van der Waals surface area contributed by atoms with Crippen molar-refractivity contribution in [3.05, 3.63) is 90.8 Å². The SMILES string of the molecule is COc1ccc(-c2noc(CCC(=O)NN(c3ccccc3)c3ccccc3)n2)cc1. The Balaban J connectivity index is 1.40. The predicted molar refractivity (Wildman–Crippen MR) is 118 cm³/mol. The molecule has 0 radical (unpaired) electrons. The van der Waals surface area contributed by atoms with Crippen molar-refractivity contribution in [2.75, 3.05) is 12.1 Å². The van der Waals surface area contributed by atoms with E-state index in [-0.39, 0.29) is 12.3 Å². The van der Waals surface area contributed by atoms with Gasteiger partial charge < -0.3 is 9.26 Å². The number of carbonyl (C=O) groups is 1. The van der Waals surface area contributed by atoms with Crippen molar-refractivity contribution in [2.24, 2.45) is 0 Å². The first-order valence-corrected chi connectivity index (χ1v) is 9.89. The summed E-state index contributed by atoms with van der Waals surface area (Å²) in [4.78, 5) is 17.1. The number of hydrogen-bond donors (Lipinski definition) is 1. The Hall–Kier alpha value is -4.13. The molecule has 0 saturated carbocycles. The lowest BCUT2D eigenvalue weighted by atomic mass is 10.2. The van der Waals surface area contributed by atoms with Gasteiger partial charge in [0.1, 0.15) is 5.75 Å². The van der Waals surface area contributed by atoms with Gasteiger partial charge in [-0.1, -0.05) is 41.6 Å². The first kappa shape index (κ1) is 20.2. The van der Waals surface area contributed by atoms with Crippen LogP contribution >= 0.6 is 0 Å². The van der Waals surface area contributed by atoms with Crippen molar-refractivity contribution in [1.29, 1.82) is 0 Å². The van der Waals surface area contributed by atoms with Crippen LogP contribution in [0.25, 0.3) is 11.4 Å². The van der Waals surface area contributed by atoms with Gasteiger partial charge in [0, 0.05) is 18.4 Å². The number of aryl methyl sites for hydroxylation is 1. The van der Waals surface area contributed by atoms with Crippen molar-refractivity contribution in [3.8, 4) is 17.1 Å². The smallest absolute Gasteiger partial charge is 0.239 e. The van der Waals surface area contributed by atoms with Crippen LogP contribution < -0.4 is 15.2 Å². The van der Waals surface area contributed by atoms with E-state index in [1.54, 1.807) is 12.1 Å². The maximum absolute atomic E-state index is 12.7. The minimum atomic E-state index is -0.156. The average Bonchev–Trinajstić information content (AvgIpc) is 3.31. The van der Waals surface area contributed by atoms with Crippen molar-refractivity contribution < 1.29 is 14.1 Å². The van der Waals surface area contributed by atoms with E-state index in [1.807, 2.05) is 84.9 Å². The third kappa shape index (κ3) is 5.08. The van der Waals surface area contributed by atoms with E-state index in [9.17, 15) is 4.79 Å². The van der Waals surface area contributed by atoms with Gasteiger partial charge in [0.05, 0.1) is 18.5 Å². The van der Waals surface area contributed by atoms with E-state index in [2.05, 4.69) is 15.6 Å². The molecule has 0 atom stereocenters. The molecule has 4 aromatic rings. The fraction of sp³-hybridized carbons (Fsp3) is 0.125. The van der Waals surface area contributed by atoms with Crippen molar-refractivity contribution in [2.45, 2.75) is 12.8 Å². The Bertz CT molecular complexity index is 1070. The van der Waals surface area contributed by atoms with E-state index in [0.717, 1.165) is 22.7 Å². The fourth-order valence-electron chi connectivity index (χ4n) is 3.05. The Morgan fingerprint density at radius 2 is 1.55 bits per heavy atom. The lowest BCUT2D eigenvalue weighted by Crippen LogP contribution is -2.39. The molecule has 31 heavy (non-hydrogen) atoms. The lowest BCUT2D eigenvalue weighted by molar-refractivity contribution is -0.121. The van der Waals surface area contributed by atoms with Crippen molar-refractivity contribution in [1.82, 2.24) is 15.6 Å². The van der Waals surface area contributed by atoms with Crippen molar-refractivity contribution >= 4 is 17.3 Å². The molecule has 156 valence electrons. The quantitative estimate of drug-likeness (QED) is 0.426. The topological polar surface area (TPSA) is 80.5 Å². The van der Waals surface area contributed by atoms with Gasteiger partial charge >= 0.3 is 0 Å². The minimum absolute atomic E-state index is 0.156. The molecule has 1 amide bonds. The van der Waals surface area contributed by atoms with Gasteiger partial charge in [-0.3, -0.25) is 15.2 Å².